The number of rotatable bonds is 6. The molecule has 1 aromatic carbocycles. The molecule has 3 atom stereocenters. The highest BCUT2D eigenvalue weighted by Crippen LogP contribution is 2.31. The van der Waals surface area contributed by atoms with Crippen LogP contribution in [0, 0.1) is 0 Å². The van der Waals surface area contributed by atoms with Gasteiger partial charge in [-0.2, -0.15) is 5.10 Å². The van der Waals surface area contributed by atoms with Crippen LogP contribution in [0.25, 0.3) is 0 Å². The maximum atomic E-state index is 12.4. The van der Waals surface area contributed by atoms with Crippen LogP contribution in [0.4, 0.5) is 5.82 Å². The van der Waals surface area contributed by atoms with Crippen molar-refractivity contribution >= 4 is 5.82 Å². The van der Waals surface area contributed by atoms with Gasteiger partial charge in [0.05, 0.1) is 12.1 Å². The topological polar surface area (TPSA) is 88.9 Å². The molecule has 2 fully saturated rings. The fourth-order valence-electron chi connectivity index (χ4n) is 5.11. The number of aliphatic hydroxyl groups is 1. The van der Waals surface area contributed by atoms with Crippen molar-refractivity contribution in [3.8, 4) is 11.5 Å². The lowest BCUT2D eigenvalue weighted by Gasteiger charge is -2.37. The summed E-state index contributed by atoms with van der Waals surface area (Å²) in [7, 11) is 0. The minimum Gasteiger partial charge on any atom is -0.486 e. The lowest BCUT2D eigenvalue weighted by atomic mass is 10.0. The van der Waals surface area contributed by atoms with E-state index in [1.165, 1.54) is 16.7 Å². The smallest absolute Gasteiger partial charge is 0.267 e. The van der Waals surface area contributed by atoms with E-state index in [1.807, 2.05) is 18.2 Å². The predicted molar refractivity (Wildman–Crippen MR) is 122 cm³/mol. The number of aromatic nitrogens is 2. The second-order valence-electron chi connectivity index (χ2n) is 8.99. The molecule has 3 aliphatic rings. The zero-order valence-corrected chi connectivity index (χ0v) is 18.4. The Bertz CT molecular complexity index is 994. The number of hydrogen-bond donors (Lipinski definition) is 2. The summed E-state index contributed by atoms with van der Waals surface area (Å²) < 4.78 is 12.8. The SMILES string of the molecule is O=c1ccc(N2CCCCC2CNCc2ccc3c(c2)OCCO3)nn1C1CCCC1O. The van der Waals surface area contributed by atoms with Crippen molar-refractivity contribution in [3.05, 3.63) is 46.2 Å². The van der Waals surface area contributed by atoms with Crippen LogP contribution < -0.4 is 25.2 Å². The van der Waals surface area contributed by atoms with Crippen LogP contribution >= 0.6 is 0 Å². The minimum atomic E-state index is -0.486. The van der Waals surface area contributed by atoms with Gasteiger partial charge in [-0.05, 0) is 62.3 Å². The maximum Gasteiger partial charge on any atom is 0.267 e. The van der Waals surface area contributed by atoms with Gasteiger partial charge in [0.2, 0.25) is 0 Å². The van der Waals surface area contributed by atoms with E-state index in [0.29, 0.717) is 19.3 Å². The van der Waals surface area contributed by atoms with Gasteiger partial charge in [-0.1, -0.05) is 6.07 Å². The lowest BCUT2D eigenvalue weighted by molar-refractivity contribution is 0.127. The molecule has 0 spiro atoms. The van der Waals surface area contributed by atoms with Gasteiger partial charge in [-0.15, -0.1) is 0 Å². The van der Waals surface area contributed by atoms with Gasteiger partial charge in [0.1, 0.15) is 19.0 Å². The van der Waals surface area contributed by atoms with Gasteiger partial charge in [-0.3, -0.25) is 4.79 Å². The summed E-state index contributed by atoms with van der Waals surface area (Å²) in [5.74, 6) is 2.46. The third-order valence-corrected chi connectivity index (χ3v) is 6.81. The highest BCUT2D eigenvalue weighted by atomic mass is 16.6. The Morgan fingerprint density at radius 1 is 1.03 bits per heavy atom. The van der Waals surface area contributed by atoms with E-state index in [9.17, 15) is 9.90 Å². The van der Waals surface area contributed by atoms with Crippen LogP contribution in [-0.4, -0.2) is 53.3 Å². The third kappa shape index (κ3) is 4.47. The lowest BCUT2D eigenvalue weighted by Crippen LogP contribution is -2.46. The highest BCUT2D eigenvalue weighted by Gasteiger charge is 2.30. The Morgan fingerprint density at radius 3 is 2.75 bits per heavy atom. The van der Waals surface area contributed by atoms with Crippen molar-refractivity contribution in [3.63, 3.8) is 0 Å². The van der Waals surface area contributed by atoms with E-state index in [0.717, 1.165) is 69.1 Å². The Labute approximate surface area is 188 Å². The monoisotopic (exact) mass is 440 g/mol. The second kappa shape index (κ2) is 9.50. The van der Waals surface area contributed by atoms with Crippen molar-refractivity contribution < 1.29 is 14.6 Å². The van der Waals surface area contributed by atoms with Gasteiger partial charge >= 0.3 is 0 Å². The van der Waals surface area contributed by atoms with Crippen LogP contribution in [0.5, 0.6) is 11.5 Å². The first-order valence-corrected chi connectivity index (χ1v) is 11.8. The highest BCUT2D eigenvalue weighted by molar-refractivity contribution is 5.44. The Hall–Kier alpha value is -2.58. The standard InChI is InChI=1S/C24H32N4O4/c29-20-6-3-5-19(20)28-24(30)10-9-23(26-28)27-11-2-1-4-18(27)16-25-15-17-7-8-21-22(14-17)32-13-12-31-21/h7-10,14,18-20,25,29H,1-6,11-13,15-16H2. The summed E-state index contributed by atoms with van der Waals surface area (Å²) in [6, 6.07) is 9.63. The molecule has 0 bridgehead atoms. The molecule has 5 rings (SSSR count). The van der Waals surface area contributed by atoms with Gasteiger partial charge < -0.3 is 24.8 Å². The average Bonchev–Trinajstić information content (AvgIpc) is 3.25. The number of nitrogens with one attached hydrogen (secondary N) is 1. The molecule has 1 aromatic heterocycles. The number of anilines is 1. The summed E-state index contributed by atoms with van der Waals surface area (Å²) >= 11 is 0. The van der Waals surface area contributed by atoms with Gasteiger partial charge in [0.15, 0.2) is 11.5 Å². The largest absolute Gasteiger partial charge is 0.486 e. The van der Waals surface area contributed by atoms with Crippen LogP contribution in [-0.2, 0) is 6.54 Å². The van der Waals surface area contributed by atoms with Gasteiger partial charge in [0, 0.05) is 31.7 Å². The van der Waals surface area contributed by atoms with E-state index >= 15 is 0 Å². The van der Waals surface area contributed by atoms with Crippen molar-refractivity contribution in [2.24, 2.45) is 0 Å². The van der Waals surface area contributed by atoms with E-state index < -0.39 is 6.10 Å². The normalized spacial score (nSPS) is 25.2. The molecule has 3 heterocycles. The molecule has 8 nitrogen and oxygen atoms in total. The van der Waals surface area contributed by atoms with Crippen molar-refractivity contribution in [2.45, 2.75) is 63.3 Å². The molecule has 0 radical (unpaired) electrons. The Kier molecular flexibility index (Phi) is 6.32. The number of hydrogen-bond acceptors (Lipinski definition) is 7. The number of fused-ring (bicyclic) bond motifs is 1. The molecule has 0 amide bonds. The molecule has 2 aliphatic heterocycles. The molecule has 2 aromatic rings. The zero-order chi connectivity index (χ0) is 21.9. The number of benzene rings is 1. The van der Waals surface area contributed by atoms with Gasteiger partial charge in [0.25, 0.3) is 5.56 Å². The summed E-state index contributed by atoms with van der Waals surface area (Å²) in [6.45, 7) is 3.70. The summed E-state index contributed by atoms with van der Waals surface area (Å²) in [4.78, 5) is 14.8. The third-order valence-electron chi connectivity index (χ3n) is 6.81. The minimum absolute atomic E-state index is 0.134. The first kappa shape index (κ1) is 21.3. The van der Waals surface area contributed by atoms with Crippen LogP contribution in [0.3, 0.4) is 0 Å². The first-order chi connectivity index (χ1) is 15.7. The molecular formula is C24H32N4O4. The number of piperidine rings is 1. The molecular weight excluding hydrogens is 408 g/mol. The fraction of sp³-hybridized carbons (Fsp3) is 0.583. The molecule has 8 heteroatoms. The van der Waals surface area contributed by atoms with Crippen molar-refractivity contribution in [1.29, 1.82) is 0 Å². The van der Waals surface area contributed by atoms with Crippen molar-refractivity contribution in [2.75, 3.05) is 31.2 Å². The molecule has 3 unspecified atom stereocenters. The van der Waals surface area contributed by atoms with Crippen LogP contribution in [0.15, 0.2) is 35.1 Å². The van der Waals surface area contributed by atoms with Crippen LogP contribution in [0.2, 0.25) is 0 Å². The van der Waals surface area contributed by atoms with E-state index in [4.69, 9.17) is 14.6 Å². The van der Waals surface area contributed by atoms with E-state index in [2.05, 4.69) is 16.3 Å². The Balaban J connectivity index is 1.26. The molecule has 1 saturated heterocycles. The molecule has 2 N–H and O–H groups in total. The molecule has 1 aliphatic carbocycles. The summed E-state index contributed by atoms with van der Waals surface area (Å²) in [6.07, 6.45) is 5.37. The van der Waals surface area contributed by atoms with E-state index in [-0.39, 0.29) is 11.6 Å². The summed E-state index contributed by atoms with van der Waals surface area (Å²) in [5.41, 5.74) is 1.03. The maximum absolute atomic E-state index is 12.4. The quantitative estimate of drug-likeness (QED) is 0.712. The fourth-order valence-corrected chi connectivity index (χ4v) is 5.11. The second-order valence-corrected chi connectivity index (χ2v) is 8.99. The molecule has 32 heavy (non-hydrogen) atoms. The zero-order valence-electron chi connectivity index (χ0n) is 18.4. The molecule has 172 valence electrons. The van der Waals surface area contributed by atoms with Crippen LogP contribution in [0.1, 0.15) is 50.1 Å². The van der Waals surface area contributed by atoms with Crippen molar-refractivity contribution in [1.82, 2.24) is 15.1 Å². The molecule has 1 saturated carbocycles. The first-order valence-electron chi connectivity index (χ1n) is 11.8. The van der Waals surface area contributed by atoms with E-state index in [1.54, 1.807) is 6.07 Å². The predicted octanol–water partition coefficient (Wildman–Crippen LogP) is 2.25. The summed E-state index contributed by atoms with van der Waals surface area (Å²) in [5, 5.41) is 18.6. The average molecular weight is 441 g/mol. The van der Waals surface area contributed by atoms with Gasteiger partial charge in [-0.25, -0.2) is 4.68 Å². The Morgan fingerprint density at radius 2 is 1.91 bits per heavy atom. The number of nitrogens with zero attached hydrogens (tertiary/aromatic N) is 3. The number of aliphatic hydroxyl groups excluding tert-OH is 1. The number of ether oxygens (including phenoxy) is 2.